The van der Waals surface area contributed by atoms with Crippen LogP contribution in [0.15, 0.2) is 24.3 Å². The molecular weight excluding hydrogens is 445 g/mol. The Hall–Kier alpha value is -0.450. The van der Waals surface area contributed by atoms with Crippen LogP contribution in [-0.2, 0) is 4.57 Å². The molecule has 0 heterocycles. The number of quaternary nitrogens is 1. The van der Waals surface area contributed by atoms with Crippen LogP contribution >= 0.6 is 7.60 Å². The third-order valence-corrected chi connectivity index (χ3v) is 7.72. The molecule has 5 nitrogen and oxygen atoms in total. The van der Waals surface area contributed by atoms with E-state index in [1.54, 1.807) is 0 Å². The lowest BCUT2D eigenvalue weighted by molar-refractivity contribution is -0.875. The van der Waals surface area contributed by atoms with Crippen molar-refractivity contribution in [2.24, 2.45) is 0 Å². The van der Waals surface area contributed by atoms with Gasteiger partial charge in [-0.05, 0) is 57.8 Å². The first-order chi connectivity index (χ1) is 16.0. The highest BCUT2D eigenvalue weighted by molar-refractivity contribution is 7.53. The fourth-order valence-corrected chi connectivity index (χ4v) is 5.38. The van der Waals surface area contributed by atoms with Crippen LogP contribution < -0.4 is 0 Å². The Labute approximate surface area is 211 Å². The number of rotatable bonds is 23. The summed E-state index contributed by atoms with van der Waals surface area (Å²) < 4.78 is 12.1. The maximum Gasteiger partial charge on any atom is 0.362 e. The van der Waals surface area contributed by atoms with E-state index in [-0.39, 0.29) is 13.0 Å². The molecule has 0 bridgehead atoms. The second kappa shape index (κ2) is 19.7. The van der Waals surface area contributed by atoms with E-state index in [2.05, 4.69) is 31.2 Å². The molecule has 0 aromatic heterocycles. The summed E-state index contributed by atoms with van der Waals surface area (Å²) in [5.74, 6) is 0. The molecule has 0 aromatic rings. The molecular formula is C28H57NO4P+. The molecule has 0 spiro atoms. The lowest BCUT2D eigenvalue weighted by Crippen LogP contribution is -2.49. The van der Waals surface area contributed by atoms with Crippen molar-refractivity contribution in [1.29, 1.82) is 0 Å². The molecule has 0 saturated heterocycles. The Morgan fingerprint density at radius 3 is 1.44 bits per heavy atom. The van der Waals surface area contributed by atoms with E-state index in [1.807, 2.05) is 21.1 Å². The molecule has 202 valence electrons. The molecule has 0 amide bonds. The van der Waals surface area contributed by atoms with Crippen LogP contribution in [0.5, 0.6) is 0 Å². The highest BCUT2D eigenvalue weighted by atomic mass is 31.2. The standard InChI is InChI=1S/C28H56NO4P/c1-5-6-7-8-9-10-11-12-13-14-15-16-17-18-19-20-21-22-23-24-25-26-28(30,34(31,32)33)27-29(2,3)4/h13-14,18-19,30H,5-12,15-17,20-27H2,1-4H3,(H-,31,32,33)/p+1/b14-13-,19-18-. The minimum absolute atomic E-state index is 0.0526. The van der Waals surface area contributed by atoms with Gasteiger partial charge in [-0.2, -0.15) is 0 Å². The average Bonchev–Trinajstić information content (AvgIpc) is 2.73. The average molecular weight is 503 g/mol. The van der Waals surface area contributed by atoms with Gasteiger partial charge in [0.15, 0.2) is 0 Å². The number of hydrogen-bond donors (Lipinski definition) is 3. The normalized spacial score (nSPS) is 14.9. The largest absolute Gasteiger partial charge is 0.373 e. The molecule has 3 N–H and O–H groups in total. The van der Waals surface area contributed by atoms with Gasteiger partial charge in [-0.15, -0.1) is 0 Å². The number of allylic oxidation sites excluding steroid dienone is 4. The van der Waals surface area contributed by atoms with Crippen molar-refractivity contribution in [3.63, 3.8) is 0 Å². The van der Waals surface area contributed by atoms with Crippen LogP contribution in [0.25, 0.3) is 0 Å². The van der Waals surface area contributed by atoms with Crippen molar-refractivity contribution in [2.75, 3.05) is 27.7 Å². The van der Waals surface area contributed by atoms with E-state index in [0.29, 0.717) is 10.9 Å². The van der Waals surface area contributed by atoms with Gasteiger partial charge in [0.05, 0.1) is 21.1 Å². The van der Waals surface area contributed by atoms with Crippen LogP contribution in [0.3, 0.4) is 0 Å². The molecule has 0 saturated carbocycles. The summed E-state index contributed by atoms with van der Waals surface area (Å²) in [5, 5.41) is 8.63. The second-order valence-electron chi connectivity index (χ2n) is 11.1. The molecule has 1 unspecified atom stereocenters. The first kappa shape index (κ1) is 33.5. The second-order valence-corrected chi connectivity index (χ2v) is 13.0. The van der Waals surface area contributed by atoms with E-state index < -0.39 is 12.9 Å². The Balaban J connectivity index is 3.63. The van der Waals surface area contributed by atoms with E-state index in [9.17, 15) is 19.5 Å². The molecule has 0 aliphatic rings. The Kier molecular flexibility index (Phi) is 19.4. The van der Waals surface area contributed by atoms with Crippen LogP contribution in [0, 0.1) is 0 Å². The van der Waals surface area contributed by atoms with E-state index >= 15 is 0 Å². The van der Waals surface area contributed by atoms with E-state index in [1.165, 1.54) is 64.2 Å². The first-order valence-corrected chi connectivity index (χ1v) is 15.5. The zero-order chi connectivity index (χ0) is 25.8. The molecule has 34 heavy (non-hydrogen) atoms. The van der Waals surface area contributed by atoms with Gasteiger partial charge in [0.25, 0.3) is 0 Å². The summed E-state index contributed by atoms with van der Waals surface area (Å²) in [6.45, 7) is 2.32. The molecule has 0 aromatic carbocycles. The lowest BCUT2D eigenvalue weighted by atomic mass is 10.1. The zero-order valence-corrected chi connectivity index (χ0v) is 23.8. The van der Waals surface area contributed by atoms with Gasteiger partial charge in [0.1, 0.15) is 6.54 Å². The van der Waals surface area contributed by atoms with Crippen LogP contribution in [0.4, 0.5) is 0 Å². The minimum Gasteiger partial charge on any atom is -0.373 e. The van der Waals surface area contributed by atoms with Crippen molar-refractivity contribution in [3.05, 3.63) is 24.3 Å². The number of unbranched alkanes of at least 4 members (excludes halogenated alkanes) is 14. The fraction of sp³-hybridized carbons (Fsp3) is 0.857. The maximum atomic E-state index is 11.8. The van der Waals surface area contributed by atoms with Crippen LogP contribution in [-0.4, -0.2) is 52.4 Å². The van der Waals surface area contributed by atoms with Crippen molar-refractivity contribution in [3.8, 4) is 0 Å². The number of nitrogens with zero attached hydrogens (tertiary/aromatic N) is 1. The molecule has 1 atom stereocenters. The predicted octanol–water partition coefficient (Wildman–Crippen LogP) is 7.71. The smallest absolute Gasteiger partial charge is 0.362 e. The number of aliphatic hydroxyl groups is 1. The topological polar surface area (TPSA) is 77.8 Å². The molecule has 0 aliphatic heterocycles. The number of likely N-dealkylation sites (N-methyl/N-ethyl adjacent to an activating group) is 1. The van der Waals surface area contributed by atoms with Gasteiger partial charge in [-0.3, -0.25) is 4.57 Å². The van der Waals surface area contributed by atoms with E-state index in [0.717, 1.165) is 38.5 Å². The first-order valence-electron chi connectivity index (χ1n) is 13.9. The van der Waals surface area contributed by atoms with Gasteiger partial charge < -0.3 is 19.4 Å². The Bertz CT molecular complexity index is 579. The van der Waals surface area contributed by atoms with Gasteiger partial charge >= 0.3 is 7.60 Å². The monoisotopic (exact) mass is 502 g/mol. The molecule has 6 heteroatoms. The third-order valence-electron chi connectivity index (χ3n) is 6.27. The summed E-state index contributed by atoms with van der Waals surface area (Å²) in [4.78, 5) is 19.2. The summed E-state index contributed by atoms with van der Waals surface area (Å²) in [6, 6.07) is 0. The summed E-state index contributed by atoms with van der Waals surface area (Å²) >= 11 is 0. The van der Waals surface area contributed by atoms with Crippen LogP contribution in [0.1, 0.15) is 122 Å². The van der Waals surface area contributed by atoms with Gasteiger partial charge in [-0.25, -0.2) is 0 Å². The quantitative estimate of drug-likeness (QED) is 0.0578. The summed E-state index contributed by atoms with van der Waals surface area (Å²) in [7, 11) is 0.955. The highest BCUT2D eigenvalue weighted by Gasteiger charge is 2.48. The Morgan fingerprint density at radius 1 is 0.647 bits per heavy atom. The maximum absolute atomic E-state index is 11.8. The molecule has 0 radical (unpaired) electrons. The van der Waals surface area contributed by atoms with Crippen LogP contribution in [0.2, 0.25) is 0 Å². The van der Waals surface area contributed by atoms with Crippen molar-refractivity contribution < 1.29 is 23.9 Å². The van der Waals surface area contributed by atoms with Gasteiger partial charge in [-0.1, -0.05) is 89.0 Å². The Morgan fingerprint density at radius 2 is 1.03 bits per heavy atom. The summed E-state index contributed by atoms with van der Waals surface area (Å²) in [6.07, 6.45) is 29.8. The molecule has 0 fully saturated rings. The highest BCUT2D eigenvalue weighted by Crippen LogP contribution is 2.52. The van der Waals surface area contributed by atoms with Crippen molar-refractivity contribution in [1.82, 2.24) is 0 Å². The zero-order valence-electron chi connectivity index (χ0n) is 22.9. The number of hydrogen-bond acceptors (Lipinski definition) is 2. The third kappa shape index (κ3) is 19.8. The van der Waals surface area contributed by atoms with E-state index in [4.69, 9.17) is 0 Å². The van der Waals surface area contributed by atoms with Crippen molar-refractivity contribution in [2.45, 2.75) is 128 Å². The predicted molar refractivity (Wildman–Crippen MR) is 147 cm³/mol. The fourth-order valence-electron chi connectivity index (χ4n) is 4.32. The van der Waals surface area contributed by atoms with Crippen molar-refractivity contribution >= 4 is 7.60 Å². The lowest BCUT2D eigenvalue weighted by Gasteiger charge is -2.35. The molecule has 0 rings (SSSR count). The van der Waals surface area contributed by atoms with Gasteiger partial charge in [0.2, 0.25) is 5.34 Å². The minimum atomic E-state index is -4.55. The molecule has 0 aliphatic carbocycles. The summed E-state index contributed by atoms with van der Waals surface area (Å²) in [5.41, 5.74) is 0. The SMILES string of the molecule is CCCCCCCCC/C=C\CCC/C=C\CCCCCCCC(O)(C[N+](C)(C)C)P(=O)(O)O. The van der Waals surface area contributed by atoms with Gasteiger partial charge in [0, 0.05) is 0 Å².